The fourth-order valence-electron chi connectivity index (χ4n) is 1.47. The molecule has 0 aliphatic rings. The molecule has 0 bridgehead atoms. The molecule has 4 heteroatoms. The normalized spacial score (nSPS) is 12.0. The van der Waals surface area contributed by atoms with Crippen molar-refractivity contribution in [2.24, 2.45) is 5.73 Å². The third kappa shape index (κ3) is 1.86. The molecule has 3 N–H and O–H groups in total. The van der Waals surface area contributed by atoms with Crippen molar-refractivity contribution in [2.45, 2.75) is 26.2 Å². The van der Waals surface area contributed by atoms with Crippen molar-refractivity contribution in [2.75, 3.05) is 18.4 Å². The summed E-state index contributed by atoms with van der Waals surface area (Å²) in [6.07, 6.45) is 0. The first-order valence-corrected chi connectivity index (χ1v) is 5.08. The van der Waals surface area contributed by atoms with E-state index >= 15 is 0 Å². The Morgan fingerprint density at radius 3 is 2.43 bits per heavy atom. The third-order valence-electron chi connectivity index (χ3n) is 2.11. The lowest BCUT2D eigenvalue weighted by molar-refractivity contribution is 0.584. The van der Waals surface area contributed by atoms with E-state index in [1.165, 1.54) is 0 Å². The van der Waals surface area contributed by atoms with Crippen LogP contribution in [0.2, 0.25) is 0 Å². The molecule has 0 fully saturated rings. The maximum absolute atomic E-state index is 11.4. The van der Waals surface area contributed by atoms with Crippen molar-refractivity contribution in [3.8, 4) is 0 Å². The number of nitrogens with two attached hydrogens (primary N) is 1. The fraction of sp³-hybridized carbons (Fsp3) is 0.600. The molecule has 0 aliphatic carbocycles. The van der Waals surface area contributed by atoms with Crippen LogP contribution in [0, 0.1) is 4.51 Å². The molecule has 0 heterocycles. The molecule has 0 radical (unpaired) electrons. The number of hydrogen-bond donors (Lipinski definition) is 2. The van der Waals surface area contributed by atoms with Gasteiger partial charge >= 0.3 is 0 Å². The lowest BCUT2D eigenvalue weighted by atomic mass is 9.83. The average Bonchev–Trinajstić information content (AvgIpc) is 2.08. The van der Waals surface area contributed by atoms with Crippen LogP contribution in [0.25, 0.3) is 0 Å². The van der Waals surface area contributed by atoms with Crippen LogP contribution in [-0.2, 0) is 5.41 Å². The predicted octanol–water partition coefficient (Wildman–Crippen LogP) is 1.32. The summed E-state index contributed by atoms with van der Waals surface area (Å²) in [6, 6.07) is 0. The second kappa shape index (κ2) is 3.79. The van der Waals surface area contributed by atoms with Gasteiger partial charge in [0.1, 0.15) is 0 Å². The van der Waals surface area contributed by atoms with Crippen molar-refractivity contribution in [1.82, 2.24) is 0 Å². The minimum Gasteiger partial charge on any atom is -0.380 e. The number of rotatable bonds is 3. The highest BCUT2D eigenvalue weighted by Crippen LogP contribution is 2.30. The highest BCUT2D eigenvalue weighted by atomic mass is 32.1. The van der Waals surface area contributed by atoms with Crippen LogP contribution >= 0.6 is 12.2 Å². The Morgan fingerprint density at radius 1 is 1.43 bits per heavy atom. The summed E-state index contributed by atoms with van der Waals surface area (Å²) in [5, 5.41) is 3.02. The lowest BCUT2D eigenvalue weighted by Gasteiger charge is -2.25. The van der Waals surface area contributed by atoms with Gasteiger partial charge in [-0.15, -0.1) is 0 Å². The minimum absolute atomic E-state index is 0.0432. The van der Waals surface area contributed by atoms with Crippen LogP contribution in [0.5, 0.6) is 0 Å². The Morgan fingerprint density at radius 2 is 2.00 bits per heavy atom. The summed E-state index contributed by atoms with van der Waals surface area (Å²) < 4.78 is 0.469. The Labute approximate surface area is 89.0 Å². The molecule has 0 saturated heterocycles. The molecule has 3 nitrogen and oxygen atoms in total. The Kier molecular flexibility index (Phi) is 3.07. The summed E-state index contributed by atoms with van der Waals surface area (Å²) in [6.45, 7) is 7.27. The quantitative estimate of drug-likeness (QED) is 0.742. The van der Waals surface area contributed by atoms with E-state index in [0.29, 0.717) is 23.3 Å². The van der Waals surface area contributed by atoms with Crippen LogP contribution in [0.4, 0.5) is 5.69 Å². The molecule has 1 aromatic rings. The van der Waals surface area contributed by atoms with E-state index < -0.39 is 0 Å². The standard InChI is InChI=1S/C10H16N2OS/c1-10(2,3)6-7(12-5-4-11)8(13)9(6)14/h12H,4-5,11H2,1-3H3. The molecule has 0 spiro atoms. The van der Waals surface area contributed by atoms with Crippen LogP contribution in [0.15, 0.2) is 4.79 Å². The predicted molar refractivity (Wildman–Crippen MR) is 62.2 cm³/mol. The second-order valence-corrected chi connectivity index (χ2v) is 4.78. The highest BCUT2D eigenvalue weighted by molar-refractivity contribution is 7.71. The molecule has 0 aliphatic heterocycles. The maximum atomic E-state index is 11.4. The number of nitrogens with one attached hydrogen (secondary N) is 1. The van der Waals surface area contributed by atoms with Crippen molar-refractivity contribution >= 4 is 17.9 Å². The van der Waals surface area contributed by atoms with Crippen LogP contribution in [0.1, 0.15) is 26.3 Å². The molecule has 0 amide bonds. The van der Waals surface area contributed by atoms with Gasteiger partial charge < -0.3 is 11.1 Å². The van der Waals surface area contributed by atoms with E-state index in [0.717, 1.165) is 5.56 Å². The first-order chi connectivity index (χ1) is 6.39. The van der Waals surface area contributed by atoms with Crippen molar-refractivity contribution in [1.29, 1.82) is 0 Å². The first kappa shape index (κ1) is 11.3. The summed E-state index contributed by atoms with van der Waals surface area (Å²) >= 11 is 5.02. The molecule has 0 atom stereocenters. The molecule has 0 aromatic heterocycles. The van der Waals surface area contributed by atoms with E-state index in [-0.39, 0.29) is 10.8 Å². The molecular weight excluding hydrogens is 196 g/mol. The average molecular weight is 212 g/mol. The van der Waals surface area contributed by atoms with Gasteiger partial charge in [-0.3, -0.25) is 4.79 Å². The minimum atomic E-state index is -0.0675. The number of hydrogen-bond acceptors (Lipinski definition) is 4. The van der Waals surface area contributed by atoms with Gasteiger partial charge in [0.2, 0.25) is 5.43 Å². The van der Waals surface area contributed by atoms with E-state index in [4.69, 9.17) is 18.0 Å². The molecule has 1 rings (SSSR count). The van der Waals surface area contributed by atoms with E-state index in [1.54, 1.807) is 0 Å². The Bertz CT molecular complexity index is 397. The number of anilines is 1. The largest absolute Gasteiger partial charge is 0.380 e. The smallest absolute Gasteiger partial charge is 0.220 e. The molecule has 1 aromatic carbocycles. The van der Waals surface area contributed by atoms with Gasteiger partial charge in [-0.05, 0) is 5.41 Å². The Hall–Kier alpha value is -0.740. The van der Waals surface area contributed by atoms with E-state index in [2.05, 4.69) is 5.32 Å². The molecule has 78 valence electrons. The Balaban J connectivity index is 3.02. The van der Waals surface area contributed by atoms with E-state index in [1.807, 2.05) is 20.8 Å². The summed E-state index contributed by atoms with van der Waals surface area (Å²) in [5.74, 6) is 0. The van der Waals surface area contributed by atoms with Crippen LogP contribution in [0.3, 0.4) is 0 Å². The van der Waals surface area contributed by atoms with Crippen LogP contribution < -0.4 is 16.5 Å². The van der Waals surface area contributed by atoms with Crippen molar-refractivity contribution in [3.05, 3.63) is 20.3 Å². The van der Waals surface area contributed by atoms with Gasteiger partial charge in [-0.25, -0.2) is 0 Å². The van der Waals surface area contributed by atoms with Crippen molar-refractivity contribution < 1.29 is 0 Å². The van der Waals surface area contributed by atoms with Gasteiger partial charge in [-0.2, -0.15) is 0 Å². The van der Waals surface area contributed by atoms with Crippen LogP contribution in [-0.4, -0.2) is 13.1 Å². The SMILES string of the molecule is CC(C)(C)c1c(NCCN)c(=O)c1=S. The first-order valence-electron chi connectivity index (χ1n) is 4.67. The summed E-state index contributed by atoms with van der Waals surface area (Å²) in [4.78, 5) is 11.4. The fourth-order valence-corrected chi connectivity index (χ4v) is 1.98. The third-order valence-corrected chi connectivity index (χ3v) is 2.50. The topological polar surface area (TPSA) is 55.1 Å². The molecule has 14 heavy (non-hydrogen) atoms. The molecule has 0 saturated carbocycles. The van der Waals surface area contributed by atoms with Crippen molar-refractivity contribution in [3.63, 3.8) is 0 Å². The van der Waals surface area contributed by atoms with E-state index in [9.17, 15) is 4.79 Å². The van der Waals surface area contributed by atoms with Gasteiger partial charge in [0.25, 0.3) is 0 Å². The zero-order valence-electron chi connectivity index (χ0n) is 8.81. The summed E-state index contributed by atoms with van der Waals surface area (Å²) in [7, 11) is 0. The van der Waals surface area contributed by atoms with Gasteiger partial charge in [-0.1, -0.05) is 33.0 Å². The highest BCUT2D eigenvalue weighted by Gasteiger charge is 2.27. The van der Waals surface area contributed by atoms with Gasteiger partial charge in [0.05, 0.1) is 10.2 Å². The second-order valence-electron chi connectivity index (χ2n) is 4.37. The summed E-state index contributed by atoms with van der Waals surface area (Å²) in [5.41, 5.74) is 6.87. The zero-order chi connectivity index (χ0) is 10.9. The zero-order valence-corrected chi connectivity index (χ0v) is 9.62. The molecule has 0 unspecified atom stereocenters. The monoisotopic (exact) mass is 212 g/mol. The van der Waals surface area contributed by atoms with Gasteiger partial charge in [0, 0.05) is 18.7 Å². The maximum Gasteiger partial charge on any atom is 0.220 e. The molecular formula is C10H16N2OS. The van der Waals surface area contributed by atoms with Gasteiger partial charge in [0.15, 0.2) is 0 Å². The lowest BCUT2D eigenvalue weighted by Crippen LogP contribution is -2.30.